The minimum absolute atomic E-state index is 0.0187. The molecule has 0 spiro atoms. The van der Waals surface area contributed by atoms with Crippen molar-refractivity contribution in [2.75, 3.05) is 31.1 Å². The van der Waals surface area contributed by atoms with Crippen molar-refractivity contribution < 1.29 is 23.1 Å². The van der Waals surface area contributed by atoms with E-state index in [1.165, 1.54) is 0 Å². The van der Waals surface area contributed by atoms with Gasteiger partial charge in [-0.05, 0) is 6.54 Å². The van der Waals surface area contributed by atoms with Crippen LogP contribution in [0.1, 0.15) is 19.8 Å². The van der Waals surface area contributed by atoms with Gasteiger partial charge < -0.3 is 15.7 Å². The first-order chi connectivity index (χ1) is 8.26. The summed E-state index contributed by atoms with van der Waals surface area (Å²) in [4.78, 5) is 22.6. The molecule has 0 bridgehead atoms. The molecule has 0 radical (unpaired) electrons. The van der Waals surface area contributed by atoms with Crippen LogP contribution in [-0.4, -0.2) is 61.4 Å². The zero-order valence-electron chi connectivity index (χ0n) is 10.5. The first-order valence-electron chi connectivity index (χ1n) is 5.69. The summed E-state index contributed by atoms with van der Waals surface area (Å²) in [5.41, 5.74) is 4.88. The number of aliphatic carboxylic acids is 1. The summed E-state index contributed by atoms with van der Waals surface area (Å²) < 4.78 is 23.1. The zero-order valence-corrected chi connectivity index (χ0v) is 11.3. The Bertz CT molecular complexity index is 380. The number of hydrogen-bond donors (Lipinski definition) is 2. The molecular formula is C10H20N2O5S. The lowest BCUT2D eigenvalue weighted by atomic mass is 10.4. The van der Waals surface area contributed by atoms with Crippen molar-refractivity contribution in [2.24, 2.45) is 5.73 Å². The molecule has 0 heterocycles. The number of hydrogen-bond acceptors (Lipinski definition) is 5. The van der Waals surface area contributed by atoms with E-state index < -0.39 is 21.7 Å². The molecule has 0 saturated heterocycles. The Morgan fingerprint density at radius 1 is 1.17 bits per heavy atom. The highest BCUT2D eigenvalue weighted by molar-refractivity contribution is 7.91. The molecule has 0 aromatic rings. The van der Waals surface area contributed by atoms with E-state index in [2.05, 4.69) is 0 Å². The van der Waals surface area contributed by atoms with E-state index in [0.717, 1.165) is 0 Å². The topological polar surface area (TPSA) is 118 Å². The molecule has 106 valence electrons. The monoisotopic (exact) mass is 280 g/mol. The van der Waals surface area contributed by atoms with E-state index in [1.54, 1.807) is 4.90 Å². The van der Waals surface area contributed by atoms with Gasteiger partial charge >= 0.3 is 5.97 Å². The van der Waals surface area contributed by atoms with Gasteiger partial charge in [0.25, 0.3) is 0 Å². The Hall–Kier alpha value is -1.15. The molecule has 3 N–H and O–H groups in total. The maximum Gasteiger partial charge on any atom is 0.304 e. The van der Waals surface area contributed by atoms with E-state index in [9.17, 15) is 18.0 Å². The van der Waals surface area contributed by atoms with Gasteiger partial charge in [0, 0.05) is 19.5 Å². The molecular weight excluding hydrogens is 260 g/mol. The second kappa shape index (κ2) is 8.04. The lowest BCUT2D eigenvalue weighted by Crippen LogP contribution is -2.32. The summed E-state index contributed by atoms with van der Waals surface area (Å²) in [5, 5.41) is 8.53. The SMILES string of the molecule is CCN(CCC(=O)O)CCS(=O)(=O)CCC(N)=O. The number of carbonyl (C=O) groups excluding carboxylic acids is 1. The number of amides is 1. The predicted molar refractivity (Wildman–Crippen MR) is 66.8 cm³/mol. The van der Waals surface area contributed by atoms with Crippen molar-refractivity contribution >= 4 is 21.7 Å². The molecule has 0 aromatic carbocycles. The van der Waals surface area contributed by atoms with Crippen LogP contribution in [0.3, 0.4) is 0 Å². The summed E-state index contributed by atoms with van der Waals surface area (Å²) in [6.45, 7) is 3.00. The second-order valence-electron chi connectivity index (χ2n) is 3.95. The van der Waals surface area contributed by atoms with Gasteiger partial charge in [0.1, 0.15) is 0 Å². The smallest absolute Gasteiger partial charge is 0.304 e. The Balaban J connectivity index is 4.10. The van der Waals surface area contributed by atoms with E-state index in [4.69, 9.17) is 10.8 Å². The van der Waals surface area contributed by atoms with Crippen molar-refractivity contribution in [3.63, 3.8) is 0 Å². The average molecular weight is 280 g/mol. The highest BCUT2D eigenvalue weighted by Gasteiger charge is 2.14. The molecule has 1 amide bonds. The number of rotatable bonds is 10. The number of carboxylic acids is 1. The van der Waals surface area contributed by atoms with Gasteiger partial charge in [-0.25, -0.2) is 8.42 Å². The minimum Gasteiger partial charge on any atom is -0.481 e. The summed E-state index contributed by atoms with van der Waals surface area (Å²) in [7, 11) is -3.31. The fourth-order valence-electron chi connectivity index (χ4n) is 1.31. The second-order valence-corrected chi connectivity index (χ2v) is 6.25. The van der Waals surface area contributed by atoms with Gasteiger partial charge in [0.05, 0.1) is 17.9 Å². The Labute approximate surface area is 107 Å². The number of sulfone groups is 1. The number of carboxylic acid groups (broad SMARTS) is 1. The number of primary amides is 1. The normalized spacial score (nSPS) is 11.7. The van der Waals surface area contributed by atoms with Crippen molar-refractivity contribution in [2.45, 2.75) is 19.8 Å². The van der Waals surface area contributed by atoms with E-state index >= 15 is 0 Å². The summed E-state index contributed by atoms with van der Waals surface area (Å²) in [6, 6.07) is 0. The maximum absolute atomic E-state index is 11.5. The number of nitrogens with zero attached hydrogens (tertiary/aromatic N) is 1. The largest absolute Gasteiger partial charge is 0.481 e. The van der Waals surface area contributed by atoms with Crippen LogP contribution in [0, 0.1) is 0 Å². The van der Waals surface area contributed by atoms with Crippen molar-refractivity contribution in [1.82, 2.24) is 4.90 Å². The summed E-state index contributed by atoms with van der Waals surface area (Å²) >= 11 is 0. The average Bonchev–Trinajstić information content (AvgIpc) is 2.26. The third kappa shape index (κ3) is 8.94. The molecule has 0 fully saturated rings. The quantitative estimate of drug-likeness (QED) is 0.534. The molecule has 0 saturated carbocycles. The number of carbonyl (C=O) groups is 2. The van der Waals surface area contributed by atoms with Gasteiger partial charge in [-0.1, -0.05) is 6.92 Å². The van der Waals surface area contributed by atoms with Crippen LogP contribution in [0.2, 0.25) is 0 Å². The molecule has 0 rings (SSSR count). The summed E-state index contributed by atoms with van der Waals surface area (Å²) in [6.07, 6.45) is -0.196. The van der Waals surface area contributed by atoms with Crippen LogP contribution in [0.25, 0.3) is 0 Å². The lowest BCUT2D eigenvalue weighted by molar-refractivity contribution is -0.137. The van der Waals surface area contributed by atoms with Crippen LogP contribution < -0.4 is 5.73 Å². The third-order valence-corrected chi connectivity index (χ3v) is 4.10. The van der Waals surface area contributed by atoms with Crippen LogP contribution in [0.15, 0.2) is 0 Å². The fourth-order valence-corrected chi connectivity index (χ4v) is 2.56. The summed E-state index contributed by atoms with van der Waals surface area (Å²) in [5.74, 6) is -1.89. The minimum atomic E-state index is -3.31. The fraction of sp³-hybridized carbons (Fsp3) is 0.800. The Kier molecular flexibility index (Phi) is 7.53. The maximum atomic E-state index is 11.5. The Morgan fingerprint density at radius 2 is 1.78 bits per heavy atom. The van der Waals surface area contributed by atoms with Crippen molar-refractivity contribution in [3.8, 4) is 0 Å². The predicted octanol–water partition coefficient (Wildman–Crippen LogP) is -0.927. The van der Waals surface area contributed by atoms with Gasteiger partial charge in [0.2, 0.25) is 5.91 Å². The lowest BCUT2D eigenvalue weighted by Gasteiger charge is -2.18. The van der Waals surface area contributed by atoms with Crippen molar-refractivity contribution in [1.29, 1.82) is 0 Å². The van der Waals surface area contributed by atoms with E-state index in [-0.39, 0.29) is 30.9 Å². The Morgan fingerprint density at radius 3 is 2.22 bits per heavy atom. The van der Waals surface area contributed by atoms with Gasteiger partial charge in [-0.15, -0.1) is 0 Å². The molecule has 0 atom stereocenters. The van der Waals surface area contributed by atoms with Crippen LogP contribution in [0.5, 0.6) is 0 Å². The standard InChI is InChI=1S/C10H20N2O5S/c1-2-12(5-3-10(14)15)6-8-18(16,17)7-4-9(11)13/h2-8H2,1H3,(H2,11,13)(H,14,15). The molecule has 7 nitrogen and oxygen atoms in total. The molecule has 8 heteroatoms. The highest BCUT2D eigenvalue weighted by atomic mass is 32.2. The first kappa shape index (κ1) is 16.9. The van der Waals surface area contributed by atoms with E-state index in [1.807, 2.05) is 6.92 Å². The molecule has 18 heavy (non-hydrogen) atoms. The van der Waals surface area contributed by atoms with Gasteiger partial charge in [-0.2, -0.15) is 0 Å². The van der Waals surface area contributed by atoms with Gasteiger partial charge in [-0.3, -0.25) is 9.59 Å². The van der Waals surface area contributed by atoms with Crippen molar-refractivity contribution in [3.05, 3.63) is 0 Å². The van der Waals surface area contributed by atoms with Crippen LogP contribution in [0.4, 0.5) is 0 Å². The molecule has 0 aromatic heterocycles. The van der Waals surface area contributed by atoms with E-state index in [0.29, 0.717) is 13.1 Å². The van der Waals surface area contributed by atoms with Crippen LogP contribution >= 0.6 is 0 Å². The molecule has 0 aliphatic carbocycles. The van der Waals surface area contributed by atoms with Crippen LogP contribution in [-0.2, 0) is 19.4 Å². The molecule has 0 aliphatic heterocycles. The molecule has 0 aliphatic rings. The molecule has 0 unspecified atom stereocenters. The highest BCUT2D eigenvalue weighted by Crippen LogP contribution is 1.98. The zero-order chi connectivity index (χ0) is 14.2. The third-order valence-electron chi connectivity index (χ3n) is 2.47. The number of nitrogens with two attached hydrogens (primary N) is 1. The first-order valence-corrected chi connectivity index (χ1v) is 7.52. The van der Waals surface area contributed by atoms with Gasteiger partial charge in [0.15, 0.2) is 9.84 Å².